The van der Waals surface area contributed by atoms with E-state index in [-0.39, 0.29) is 5.38 Å². The number of halogens is 1. The highest BCUT2D eigenvalue weighted by atomic mass is 35.5. The van der Waals surface area contributed by atoms with E-state index < -0.39 is 5.60 Å². The Morgan fingerprint density at radius 3 is 2.58 bits per heavy atom. The molecule has 0 aromatic heterocycles. The Labute approximate surface area is 79.7 Å². The summed E-state index contributed by atoms with van der Waals surface area (Å²) < 4.78 is 0. The van der Waals surface area contributed by atoms with E-state index in [1.54, 1.807) is 6.92 Å². The number of allylic oxidation sites excluding steroid dienone is 1. The van der Waals surface area contributed by atoms with Crippen LogP contribution in [0.25, 0.3) is 0 Å². The monoisotopic (exact) mass is 188 g/mol. The Kier molecular flexibility index (Phi) is 4.58. The number of alkyl halides is 1. The number of aliphatic hydroxyl groups is 1. The van der Waals surface area contributed by atoms with Crippen molar-refractivity contribution in [2.24, 2.45) is 0 Å². The van der Waals surface area contributed by atoms with Gasteiger partial charge in [-0.2, -0.15) is 0 Å². The van der Waals surface area contributed by atoms with E-state index in [1.165, 1.54) is 6.08 Å². The molecule has 2 heteroatoms. The van der Waals surface area contributed by atoms with Crippen molar-refractivity contribution < 1.29 is 5.11 Å². The van der Waals surface area contributed by atoms with Gasteiger partial charge in [-0.15, -0.1) is 18.2 Å². The number of rotatable bonds is 5. The summed E-state index contributed by atoms with van der Waals surface area (Å²) in [6, 6.07) is 0. The highest BCUT2D eigenvalue weighted by Crippen LogP contribution is 2.20. The SMILES string of the molecule is C=CC(C)(O)CCC(Cl)C(=C)C. The van der Waals surface area contributed by atoms with Gasteiger partial charge in [-0.05, 0) is 26.7 Å². The van der Waals surface area contributed by atoms with E-state index in [0.717, 1.165) is 12.0 Å². The fourth-order valence-corrected chi connectivity index (χ4v) is 0.877. The van der Waals surface area contributed by atoms with Crippen LogP contribution in [0.1, 0.15) is 26.7 Å². The van der Waals surface area contributed by atoms with Crippen molar-refractivity contribution in [1.29, 1.82) is 0 Å². The molecule has 0 saturated carbocycles. The van der Waals surface area contributed by atoms with Crippen molar-refractivity contribution in [2.45, 2.75) is 37.7 Å². The quantitative estimate of drug-likeness (QED) is 0.520. The molecule has 0 radical (unpaired) electrons. The highest BCUT2D eigenvalue weighted by Gasteiger charge is 2.17. The summed E-state index contributed by atoms with van der Waals surface area (Å²) in [5.74, 6) is 0. The van der Waals surface area contributed by atoms with Crippen LogP contribution in [0, 0.1) is 0 Å². The smallest absolute Gasteiger partial charge is 0.0797 e. The third-order valence-corrected chi connectivity index (χ3v) is 2.47. The molecule has 1 nitrogen and oxygen atoms in total. The van der Waals surface area contributed by atoms with Crippen LogP contribution in [-0.4, -0.2) is 16.1 Å². The van der Waals surface area contributed by atoms with Gasteiger partial charge in [0.15, 0.2) is 0 Å². The summed E-state index contributed by atoms with van der Waals surface area (Å²) >= 11 is 5.93. The largest absolute Gasteiger partial charge is 0.386 e. The molecule has 2 atom stereocenters. The van der Waals surface area contributed by atoms with Crippen LogP contribution < -0.4 is 0 Å². The molecule has 0 aromatic carbocycles. The first-order chi connectivity index (χ1) is 5.39. The summed E-state index contributed by atoms with van der Waals surface area (Å²) in [5, 5.41) is 9.50. The Balaban J connectivity index is 3.83. The molecule has 12 heavy (non-hydrogen) atoms. The fraction of sp³-hybridized carbons (Fsp3) is 0.600. The van der Waals surface area contributed by atoms with Crippen LogP contribution in [0.4, 0.5) is 0 Å². The lowest BCUT2D eigenvalue weighted by Gasteiger charge is -2.19. The lowest BCUT2D eigenvalue weighted by atomic mass is 9.98. The minimum Gasteiger partial charge on any atom is -0.386 e. The second kappa shape index (κ2) is 4.68. The summed E-state index contributed by atoms with van der Waals surface area (Å²) in [5.41, 5.74) is 0.138. The average molecular weight is 189 g/mol. The molecular weight excluding hydrogens is 172 g/mol. The maximum Gasteiger partial charge on any atom is 0.0797 e. The van der Waals surface area contributed by atoms with Gasteiger partial charge in [-0.3, -0.25) is 0 Å². The minimum atomic E-state index is -0.803. The third kappa shape index (κ3) is 4.58. The van der Waals surface area contributed by atoms with Crippen molar-refractivity contribution in [2.75, 3.05) is 0 Å². The van der Waals surface area contributed by atoms with E-state index in [9.17, 15) is 5.11 Å². The zero-order valence-electron chi connectivity index (χ0n) is 7.81. The van der Waals surface area contributed by atoms with Crippen LogP contribution in [-0.2, 0) is 0 Å². The molecule has 70 valence electrons. The van der Waals surface area contributed by atoms with Crippen molar-refractivity contribution >= 4 is 11.6 Å². The van der Waals surface area contributed by atoms with Gasteiger partial charge >= 0.3 is 0 Å². The van der Waals surface area contributed by atoms with Crippen LogP contribution in [0.3, 0.4) is 0 Å². The molecule has 1 N–H and O–H groups in total. The maximum absolute atomic E-state index is 9.55. The first-order valence-electron chi connectivity index (χ1n) is 4.04. The van der Waals surface area contributed by atoms with E-state index in [1.807, 2.05) is 6.92 Å². The summed E-state index contributed by atoms with van der Waals surface area (Å²) in [4.78, 5) is 0. The van der Waals surface area contributed by atoms with Gasteiger partial charge in [-0.1, -0.05) is 18.2 Å². The first-order valence-corrected chi connectivity index (χ1v) is 4.48. The van der Waals surface area contributed by atoms with E-state index in [4.69, 9.17) is 11.6 Å². The Bertz CT molecular complexity index is 173. The molecule has 0 aliphatic carbocycles. The van der Waals surface area contributed by atoms with E-state index >= 15 is 0 Å². The van der Waals surface area contributed by atoms with Gasteiger partial charge in [-0.25, -0.2) is 0 Å². The molecule has 0 amide bonds. The van der Waals surface area contributed by atoms with Crippen LogP contribution in [0.15, 0.2) is 24.8 Å². The Morgan fingerprint density at radius 2 is 2.25 bits per heavy atom. The topological polar surface area (TPSA) is 20.2 Å². The van der Waals surface area contributed by atoms with Gasteiger partial charge in [0.1, 0.15) is 0 Å². The Morgan fingerprint density at radius 1 is 1.75 bits per heavy atom. The molecule has 0 rings (SSSR count). The Hall–Kier alpha value is -0.270. The lowest BCUT2D eigenvalue weighted by molar-refractivity contribution is 0.100. The minimum absolute atomic E-state index is 0.0450. The standard InChI is InChI=1S/C10H17ClO/c1-5-10(4,12)7-6-9(11)8(2)3/h5,9,12H,1-2,6-7H2,3-4H3. The van der Waals surface area contributed by atoms with Gasteiger partial charge < -0.3 is 5.11 Å². The van der Waals surface area contributed by atoms with E-state index in [0.29, 0.717) is 6.42 Å². The molecular formula is C10H17ClO. The normalized spacial score (nSPS) is 18.0. The average Bonchev–Trinajstić information content (AvgIpc) is 2.00. The number of hydrogen-bond donors (Lipinski definition) is 1. The van der Waals surface area contributed by atoms with Crippen LogP contribution >= 0.6 is 11.6 Å². The molecule has 0 saturated heterocycles. The highest BCUT2D eigenvalue weighted by molar-refractivity contribution is 6.22. The van der Waals surface area contributed by atoms with E-state index in [2.05, 4.69) is 13.2 Å². The predicted octanol–water partition coefficient (Wildman–Crippen LogP) is 2.89. The number of hydrogen-bond acceptors (Lipinski definition) is 1. The molecule has 0 aromatic rings. The summed E-state index contributed by atoms with van der Waals surface area (Å²) in [6.45, 7) is 10.9. The van der Waals surface area contributed by atoms with Crippen LogP contribution in [0.2, 0.25) is 0 Å². The molecule has 0 aliphatic rings. The second-order valence-electron chi connectivity index (χ2n) is 3.41. The van der Waals surface area contributed by atoms with Crippen molar-refractivity contribution in [1.82, 2.24) is 0 Å². The fourth-order valence-electron chi connectivity index (χ4n) is 0.767. The van der Waals surface area contributed by atoms with Gasteiger partial charge in [0.25, 0.3) is 0 Å². The predicted molar refractivity (Wildman–Crippen MR) is 54.5 cm³/mol. The van der Waals surface area contributed by atoms with Crippen LogP contribution in [0.5, 0.6) is 0 Å². The molecule has 0 spiro atoms. The zero-order valence-corrected chi connectivity index (χ0v) is 8.56. The molecule has 0 aliphatic heterocycles. The van der Waals surface area contributed by atoms with Gasteiger partial charge in [0, 0.05) is 0 Å². The summed E-state index contributed by atoms with van der Waals surface area (Å²) in [7, 11) is 0. The van der Waals surface area contributed by atoms with Crippen molar-refractivity contribution in [3.05, 3.63) is 24.8 Å². The summed E-state index contributed by atoms with van der Waals surface area (Å²) in [6.07, 6.45) is 2.89. The van der Waals surface area contributed by atoms with Gasteiger partial charge in [0.05, 0.1) is 11.0 Å². The lowest BCUT2D eigenvalue weighted by Crippen LogP contribution is -2.21. The first kappa shape index (κ1) is 11.7. The maximum atomic E-state index is 9.55. The molecule has 0 heterocycles. The third-order valence-electron chi connectivity index (χ3n) is 1.88. The van der Waals surface area contributed by atoms with Crippen molar-refractivity contribution in [3.8, 4) is 0 Å². The van der Waals surface area contributed by atoms with Gasteiger partial charge in [0.2, 0.25) is 0 Å². The molecule has 0 bridgehead atoms. The zero-order chi connectivity index (χ0) is 9.78. The molecule has 2 unspecified atom stereocenters. The molecule has 0 fully saturated rings. The van der Waals surface area contributed by atoms with Crippen molar-refractivity contribution in [3.63, 3.8) is 0 Å². The second-order valence-corrected chi connectivity index (χ2v) is 3.94.